The van der Waals surface area contributed by atoms with Gasteiger partial charge in [-0.3, -0.25) is 4.79 Å². The number of hydrogen-bond donors (Lipinski definition) is 1. The number of pyridine rings is 1. The highest BCUT2D eigenvalue weighted by molar-refractivity contribution is 7.92. The third kappa shape index (κ3) is 5.56. The van der Waals surface area contributed by atoms with Crippen LogP contribution in [-0.4, -0.2) is 66.1 Å². The molecule has 0 bridgehead atoms. The van der Waals surface area contributed by atoms with E-state index < -0.39 is 9.73 Å². The van der Waals surface area contributed by atoms with Gasteiger partial charge >= 0.3 is 0 Å². The lowest BCUT2D eigenvalue weighted by molar-refractivity contribution is 0.267. The molecule has 0 spiro atoms. The summed E-state index contributed by atoms with van der Waals surface area (Å²) >= 11 is 0. The number of aromatic nitrogens is 5. The van der Waals surface area contributed by atoms with Gasteiger partial charge in [0.2, 0.25) is 5.95 Å². The number of nitrogens with zero attached hydrogens (tertiary/aromatic N) is 7. The van der Waals surface area contributed by atoms with Gasteiger partial charge in [0.1, 0.15) is 5.39 Å². The lowest BCUT2D eigenvalue weighted by Crippen LogP contribution is -2.34. The van der Waals surface area contributed by atoms with Crippen molar-refractivity contribution in [2.75, 3.05) is 31.9 Å². The Kier molecular flexibility index (Phi) is 7.03. The number of anilines is 2. The molecule has 1 fully saturated rings. The summed E-state index contributed by atoms with van der Waals surface area (Å²) in [4.78, 5) is 29.6. The maximum Gasteiger partial charge on any atom is 0.278 e. The molecule has 41 heavy (non-hydrogen) atoms. The van der Waals surface area contributed by atoms with Gasteiger partial charge in [-0.05, 0) is 93.1 Å². The maximum atomic E-state index is 13.4. The Labute approximate surface area is 240 Å². The van der Waals surface area contributed by atoms with Crippen LogP contribution in [0.15, 0.2) is 58.3 Å². The average molecular weight is 573 g/mol. The summed E-state index contributed by atoms with van der Waals surface area (Å²) in [7, 11) is 1.93. The summed E-state index contributed by atoms with van der Waals surface area (Å²) in [6.45, 7) is 4.07. The van der Waals surface area contributed by atoms with E-state index in [1.165, 1.54) is 34.2 Å². The lowest BCUT2D eigenvalue weighted by Gasteiger charge is -2.31. The van der Waals surface area contributed by atoms with E-state index in [-0.39, 0.29) is 12.1 Å². The van der Waals surface area contributed by atoms with Crippen molar-refractivity contribution in [2.24, 2.45) is 4.36 Å². The lowest BCUT2D eigenvalue weighted by atomic mass is 9.83. The van der Waals surface area contributed by atoms with Gasteiger partial charge in [0, 0.05) is 40.2 Å². The van der Waals surface area contributed by atoms with Gasteiger partial charge in [0.15, 0.2) is 17.3 Å². The Hall–Kier alpha value is -3.83. The van der Waals surface area contributed by atoms with Crippen molar-refractivity contribution in [3.05, 3.63) is 76.2 Å². The molecule has 0 aliphatic heterocycles. The summed E-state index contributed by atoms with van der Waals surface area (Å²) < 4.78 is 19.7. The summed E-state index contributed by atoms with van der Waals surface area (Å²) in [5.41, 5.74) is 5.49. The van der Waals surface area contributed by atoms with Crippen LogP contribution in [0.3, 0.4) is 0 Å². The molecule has 3 aromatic heterocycles. The SMILES string of the molecule is C=CCn1c(=O)c2cnc(Nc3cc4c(c(C5CC5)c3)CC(N(C)C)CC4)nc2n1-c1cccc(N=S(C)(C)=O)n1. The standard InChI is InChI=1S/C30H36N8O2S/c1-6-14-37-29(39)25-18-31-30(34-28(25)38(37)27-9-7-8-26(33-27)35-41(4,5)40)32-21-15-20-12-13-22(36(2)3)17-24(20)23(16-21)19-10-11-19/h6-9,15-16,18-19,22H,1,10-14,17H2,2-5H3,(H,31,32,34). The average Bonchev–Trinajstić information content (AvgIpc) is 3.73. The number of hydrogen-bond acceptors (Lipinski definition) is 8. The van der Waals surface area contributed by atoms with Gasteiger partial charge in [-0.1, -0.05) is 12.1 Å². The van der Waals surface area contributed by atoms with Crippen LogP contribution in [-0.2, 0) is 29.1 Å². The number of benzene rings is 1. The van der Waals surface area contributed by atoms with Crippen molar-refractivity contribution in [3.63, 3.8) is 0 Å². The van der Waals surface area contributed by atoms with E-state index in [2.05, 4.69) is 57.4 Å². The molecule has 2 aliphatic carbocycles. The highest BCUT2D eigenvalue weighted by Crippen LogP contribution is 2.45. The molecule has 10 nitrogen and oxygen atoms in total. The zero-order valence-electron chi connectivity index (χ0n) is 24.0. The smallest absolute Gasteiger partial charge is 0.278 e. The molecule has 0 amide bonds. The molecule has 4 aromatic rings. The molecule has 1 aromatic carbocycles. The zero-order valence-corrected chi connectivity index (χ0v) is 24.8. The van der Waals surface area contributed by atoms with Crippen molar-refractivity contribution < 1.29 is 4.21 Å². The Morgan fingerprint density at radius 1 is 1.20 bits per heavy atom. The second-order valence-corrected chi connectivity index (χ2v) is 14.1. The monoisotopic (exact) mass is 572 g/mol. The molecular formula is C30H36N8O2S. The summed E-state index contributed by atoms with van der Waals surface area (Å²) in [5.74, 6) is 1.78. The molecule has 3 heterocycles. The van der Waals surface area contributed by atoms with Gasteiger partial charge in [-0.2, -0.15) is 9.35 Å². The first-order chi connectivity index (χ1) is 19.6. The van der Waals surface area contributed by atoms with Crippen LogP contribution in [0.2, 0.25) is 0 Å². The molecule has 11 heteroatoms. The molecule has 1 unspecified atom stereocenters. The van der Waals surface area contributed by atoms with E-state index in [0.717, 1.165) is 24.9 Å². The molecule has 6 rings (SSSR count). The third-order valence-corrected chi connectivity index (χ3v) is 8.42. The van der Waals surface area contributed by atoms with E-state index in [1.807, 2.05) is 0 Å². The molecule has 0 saturated heterocycles. The van der Waals surface area contributed by atoms with Crippen molar-refractivity contribution in [1.82, 2.24) is 29.2 Å². The predicted molar refractivity (Wildman–Crippen MR) is 164 cm³/mol. The van der Waals surface area contributed by atoms with Crippen LogP contribution >= 0.6 is 0 Å². The Balaban J connectivity index is 1.43. The topological polar surface area (TPSA) is 110 Å². The minimum Gasteiger partial charge on any atom is -0.324 e. The fraction of sp³-hybridized carbons (Fsp3) is 0.400. The summed E-state index contributed by atoms with van der Waals surface area (Å²) in [5, 5.41) is 3.80. The number of likely N-dealkylation sites (N-methyl/N-ethyl adjacent to an activating group) is 1. The summed E-state index contributed by atoms with van der Waals surface area (Å²) in [6, 6.07) is 10.3. The maximum absolute atomic E-state index is 13.4. The minimum absolute atomic E-state index is 0.245. The number of rotatable bonds is 8. The van der Waals surface area contributed by atoms with Crippen LogP contribution in [0.4, 0.5) is 17.5 Å². The number of aryl methyl sites for hydroxylation is 1. The molecule has 0 radical (unpaired) electrons. The van der Waals surface area contributed by atoms with Gasteiger partial charge < -0.3 is 10.2 Å². The number of nitrogens with one attached hydrogen (secondary N) is 1. The van der Waals surface area contributed by atoms with Crippen molar-refractivity contribution >= 4 is 38.2 Å². The summed E-state index contributed by atoms with van der Waals surface area (Å²) in [6.07, 6.45) is 12.1. The first kappa shape index (κ1) is 27.3. The van der Waals surface area contributed by atoms with E-state index in [1.54, 1.807) is 47.7 Å². The quantitative estimate of drug-likeness (QED) is 0.308. The molecule has 1 atom stereocenters. The second-order valence-electron chi connectivity index (χ2n) is 11.5. The normalized spacial score (nSPS) is 17.0. The minimum atomic E-state index is -2.41. The zero-order chi connectivity index (χ0) is 28.9. The third-order valence-electron chi connectivity index (χ3n) is 7.79. The van der Waals surface area contributed by atoms with E-state index >= 15 is 0 Å². The van der Waals surface area contributed by atoms with Gasteiger partial charge in [-0.15, -0.1) is 6.58 Å². The van der Waals surface area contributed by atoms with Crippen LogP contribution in [0.25, 0.3) is 16.9 Å². The fourth-order valence-corrected chi connectivity index (χ4v) is 6.26. The van der Waals surface area contributed by atoms with Gasteiger partial charge in [-0.25, -0.2) is 23.5 Å². The van der Waals surface area contributed by atoms with Crippen LogP contribution in [0.5, 0.6) is 0 Å². The molecular weight excluding hydrogens is 536 g/mol. The Bertz CT molecular complexity index is 1840. The van der Waals surface area contributed by atoms with Crippen LogP contribution in [0, 0.1) is 0 Å². The largest absolute Gasteiger partial charge is 0.324 e. The molecule has 1 N–H and O–H groups in total. The van der Waals surface area contributed by atoms with E-state index in [0.29, 0.717) is 40.6 Å². The first-order valence-electron chi connectivity index (χ1n) is 13.9. The Morgan fingerprint density at radius 2 is 2.00 bits per heavy atom. The first-order valence-corrected chi connectivity index (χ1v) is 16.3. The fourth-order valence-electron chi connectivity index (χ4n) is 5.70. The highest BCUT2D eigenvalue weighted by Gasteiger charge is 2.31. The van der Waals surface area contributed by atoms with Gasteiger partial charge in [0.05, 0.1) is 6.54 Å². The van der Waals surface area contributed by atoms with Crippen LogP contribution in [0.1, 0.15) is 41.9 Å². The molecule has 1 saturated carbocycles. The highest BCUT2D eigenvalue weighted by atomic mass is 32.2. The van der Waals surface area contributed by atoms with Crippen molar-refractivity contribution in [3.8, 4) is 5.82 Å². The second kappa shape index (κ2) is 10.5. The van der Waals surface area contributed by atoms with Gasteiger partial charge in [0.25, 0.3) is 5.56 Å². The molecule has 2 aliphatic rings. The van der Waals surface area contributed by atoms with E-state index in [4.69, 9.17) is 4.98 Å². The Morgan fingerprint density at radius 3 is 2.71 bits per heavy atom. The number of fused-ring (bicyclic) bond motifs is 2. The predicted octanol–water partition coefficient (Wildman–Crippen LogP) is 4.56. The van der Waals surface area contributed by atoms with Crippen LogP contribution < -0.4 is 10.9 Å². The van der Waals surface area contributed by atoms with E-state index in [9.17, 15) is 9.00 Å². The van der Waals surface area contributed by atoms with Crippen molar-refractivity contribution in [1.29, 1.82) is 0 Å². The number of allylic oxidation sites excluding steroid dienone is 1. The molecule has 214 valence electrons. The van der Waals surface area contributed by atoms with Crippen molar-refractivity contribution in [2.45, 2.75) is 50.6 Å².